The van der Waals surface area contributed by atoms with Crippen LogP contribution in [0.3, 0.4) is 0 Å². The number of carbonyl (C=O) groups is 3. The van der Waals surface area contributed by atoms with E-state index in [1.807, 2.05) is 6.92 Å². The Hall–Kier alpha value is -4.25. The van der Waals surface area contributed by atoms with Crippen LogP contribution in [0.5, 0.6) is 11.6 Å². The third-order valence-electron chi connectivity index (χ3n) is 7.65. The van der Waals surface area contributed by atoms with Crippen molar-refractivity contribution in [3.05, 3.63) is 65.3 Å². The first-order chi connectivity index (χ1) is 20.5. The predicted octanol–water partition coefficient (Wildman–Crippen LogP) is 5.38. The molecule has 226 valence electrons. The number of halogens is 2. The second-order valence-corrected chi connectivity index (χ2v) is 11.5. The normalized spacial score (nSPS) is 17.2. The summed E-state index contributed by atoms with van der Waals surface area (Å²) >= 11 is 6.17. The minimum atomic E-state index is -1.12. The first kappa shape index (κ1) is 30.2. The van der Waals surface area contributed by atoms with Crippen LogP contribution in [0.15, 0.2) is 48.8 Å². The van der Waals surface area contributed by atoms with Crippen LogP contribution in [0.4, 0.5) is 10.1 Å². The highest BCUT2D eigenvalue weighted by molar-refractivity contribution is 6.31. The largest absolute Gasteiger partial charge is 0.489 e. The van der Waals surface area contributed by atoms with E-state index in [4.69, 9.17) is 26.2 Å². The lowest BCUT2D eigenvalue weighted by atomic mass is 9.97. The monoisotopic (exact) mass is 610 g/mol. The van der Waals surface area contributed by atoms with Crippen molar-refractivity contribution in [3.8, 4) is 22.8 Å². The lowest BCUT2D eigenvalue weighted by Crippen LogP contribution is -2.58. The second kappa shape index (κ2) is 12.2. The topological polar surface area (TPSA) is 122 Å². The lowest BCUT2D eigenvalue weighted by Gasteiger charge is -2.44. The van der Waals surface area contributed by atoms with Gasteiger partial charge in [-0.05, 0) is 51.3 Å². The van der Waals surface area contributed by atoms with Crippen LogP contribution in [-0.2, 0) is 9.59 Å². The fourth-order valence-electron chi connectivity index (χ4n) is 5.39. The number of pyridine rings is 2. The Morgan fingerprint density at radius 3 is 2.58 bits per heavy atom. The molecule has 1 atom stereocenters. The fraction of sp³-hybridized carbons (Fsp3) is 0.387. The Bertz CT molecular complexity index is 1560. The summed E-state index contributed by atoms with van der Waals surface area (Å²) in [5.74, 6) is -1.81. The molecule has 1 aromatic carbocycles. The molecule has 4 heterocycles. The van der Waals surface area contributed by atoms with Gasteiger partial charge in [0, 0.05) is 42.7 Å². The molecule has 43 heavy (non-hydrogen) atoms. The molecule has 0 radical (unpaired) electrons. The lowest BCUT2D eigenvalue weighted by molar-refractivity contribution is -0.138. The van der Waals surface area contributed by atoms with E-state index in [-0.39, 0.29) is 24.1 Å². The van der Waals surface area contributed by atoms with Crippen LogP contribution in [-0.4, -0.2) is 68.6 Å². The van der Waals surface area contributed by atoms with E-state index in [0.717, 1.165) is 0 Å². The summed E-state index contributed by atoms with van der Waals surface area (Å²) in [7, 11) is 0. The van der Waals surface area contributed by atoms with Gasteiger partial charge in [0.25, 0.3) is 11.8 Å². The molecule has 5 rings (SSSR count). The average Bonchev–Trinajstić information content (AvgIpc) is 2.97. The molecule has 2 aliphatic heterocycles. The van der Waals surface area contributed by atoms with Crippen molar-refractivity contribution >= 4 is 35.1 Å². The van der Waals surface area contributed by atoms with Crippen LogP contribution in [0.1, 0.15) is 56.9 Å². The maximum absolute atomic E-state index is 15.4. The van der Waals surface area contributed by atoms with E-state index >= 15 is 4.39 Å². The molecular formula is C31H32ClFN4O6. The number of amides is 2. The number of carbonyl (C=O) groups excluding carboxylic acids is 2. The Kier molecular flexibility index (Phi) is 8.55. The number of aliphatic carboxylic acids is 1. The SMILES string of the molecule is CC[C@H](CC(=O)O)Oc1ccccc1-c1cnc(C(=O)N2CCC(N3C(=O)C(C)(C)Oc4ncc(Cl)cc43)CC2)c(F)c1. The number of hydrogen-bond donors (Lipinski definition) is 1. The van der Waals surface area contributed by atoms with Crippen molar-refractivity contribution in [2.45, 2.75) is 64.2 Å². The van der Waals surface area contributed by atoms with Crippen LogP contribution in [0.2, 0.25) is 5.02 Å². The fourth-order valence-corrected chi connectivity index (χ4v) is 5.54. The number of anilines is 1. The van der Waals surface area contributed by atoms with E-state index in [1.165, 1.54) is 23.4 Å². The molecule has 1 N–H and O–H groups in total. The summed E-state index contributed by atoms with van der Waals surface area (Å²) in [6, 6.07) is 9.55. The van der Waals surface area contributed by atoms with Crippen molar-refractivity contribution in [2.75, 3.05) is 18.0 Å². The number of likely N-dealkylation sites (tertiary alicyclic amines) is 1. The van der Waals surface area contributed by atoms with Crippen molar-refractivity contribution in [2.24, 2.45) is 0 Å². The maximum Gasteiger partial charge on any atom is 0.307 e. The minimum Gasteiger partial charge on any atom is -0.489 e. The third-order valence-corrected chi connectivity index (χ3v) is 7.86. The zero-order chi connectivity index (χ0) is 30.9. The highest BCUT2D eigenvalue weighted by atomic mass is 35.5. The zero-order valence-corrected chi connectivity index (χ0v) is 24.8. The smallest absolute Gasteiger partial charge is 0.307 e. The number of hydrogen-bond acceptors (Lipinski definition) is 7. The summed E-state index contributed by atoms with van der Waals surface area (Å²) < 4.78 is 27.1. The summed E-state index contributed by atoms with van der Waals surface area (Å²) in [6.07, 6.45) is 3.54. The number of fused-ring (bicyclic) bond motifs is 1. The van der Waals surface area contributed by atoms with Crippen molar-refractivity contribution < 1.29 is 33.4 Å². The van der Waals surface area contributed by atoms with E-state index in [2.05, 4.69) is 9.97 Å². The standard InChI is InChI=1S/C31H32ClFN4O6/c1-4-21(15-26(38)39)42-25-8-6-5-7-22(25)18-13-23(33)27(34-16-18)29(40)36-11-9-20(10-12-36)37-24-14-19(32)17-35-28(24)43-31(2,3)30(37)41/h5-8,13-14,16-17,20-21H,4,9-12,15H2,1-3H3,(H,38,39)/t21-/m1/s1. The molecule has 2 aliphatic rings. The Balaban J connectivity index is 1.30. The van der Waals surface area contributed by atoms with Crippen LogP contribution < -0.4 is 14.4 Å². The minimum absolute atomic E-state index is 0.170. The van der Waals surface area contributed by atoms with Gasteiger partial charge >= 0.3 is 5.97 Å². The van der Waals surface area contributed by atoms with E-state index < -0.39 is 29.4 Å². The summed E-state index contributed by atoms with van der Waals surface area (Å²) in [4.78, 5) is 49.5. The number of ether oxygens (including phenoxy) is 2. The molecule has 0 unspecified atom stereocenters. The Morgan fingerprint density at radius 1 is 1.19 bits per heavy atom. The summed E-state index contributed by atoms with van der Waals surface area (Å²) in [5, 5.41) is 9.54. The summed E-state index contributed by atoms with van der Waals surface area (Å²) in [5.41, 5.74) is -0.00362. The van der Waals surface area contributed by atoms with Gasteiger partial charge in [-0.25, -0.2) is 14.4 Å². The molecule has 0 saturated carbocycles. The number of nitrogens with zero attached hydrogens (tertiary/aromatic N) is 4. The molecule has 1 fully saturated rings. The van der Waals surface area contributed by atoms with Gasteiger partial charge in [0.05, 0.1) is 11.4 Å². The number of para-hydroxylation sites is 1. The average molecular weight is 611 g/mol. The van der Waals surface area contributed by atoms with E-state index in [0.29, 0.717) is 65.8 Å². The van der Waals surface area contributed by atoms with Crippen LogP contribution in [0, 0.1) is 5.82 Å². The highest BCUT2D eigenvalue weighted by Gasteiger charge is 2.45. The first-order valence-corrected chi connectivity index (χ1v) is 14.5. The van der Waals surface area contributed by atoms with Crippen molar-refractivity contribution in [1.82, 2.24) is 14.9 Å². The second-order valence-electron chi connectivity index (χ2n) is 11.1. The molecular weight excluding hydrogens is 579 g/mol. The molecule has 3 aromatic rings. The molecule has 0 spiro atoms. The highest BCUT2D eigenvalue weighted by Crippen LogP contribution is 2.40. The van der Waals surface area contributed by atoms with Gasteiger partial charge in [-0.2, -0.15) is 0 Å². The van der Waals surface area contributed by atoms with Gasteiger partial charge < -0.3 is 24.4 Å². The first-order valence-electron chi connectivity index (χ1n) is 14.1. The Morgan fingerprint density at radius 2 is 1.91 bits per heavy atom. The number of rotatable bonds is 8. The molecule has 12 heteroatoms. The predicted molar refractivity (Wildman–Crippen MR) is 157 cm³/mol. The molecule has 0 bridgehead atoms. The van der Waals surface area contributed by atoms with Gasteiger partial charge in [-0.15, -0.1) is 0 Å². The van der Waals surface area contributed by atoms with Gasteiger partial charge in [0.2, 0.25) is 5.88 Å². The van der Waals surface area contributed by atoms with Gasteiger partial charge in [-0.1, -0.05) is 36.7 Å². The molecule has 2 amide bonds. The zero-order valence-electron chi connectivity index (χ0n) is 24.0. The third kappa shape index (κ3) is 6.27. The number of piperidine rings is 1. The van der Waals surface area contributed by atoms with Gasteiger partial charge in [-0.3, -0.25) is 14.4 Å². The molecule has 10 nitrogen and oxygen atoms in total. The van der Waals surface area contributed by atoms with Gasteiger partial charge in [0.15, 0.2) is 17.1 Å². The molecule has 2 aromatic heterocycles. The molecule has 1 saturated heterocycles. The van der Waals surface area contributed by atoms with Crippen molar-refractivity contribution in [3.63, 3.8) is 0 Å². The molecule has 0 aliphatic carbocycles. The van der Waals surface area contributed by atoms with Crippen molar-refractivity contribution in [1.29, 1.82) is 0 Å². The summed E-state index contributed by atoms with van der Waals surface area (Å²) in [6.45, 7) is 5.77. The number of carboxylic acid groups (broad SMARTS) is 1. The van der Waals surface area contributed by atoms with Crippen LogP contribution >= 0.6 is 11.6 Å². The van der Waals surface area contributed by atoms with Crippen LogP contribution in [0.25, 0.3) is 11.1 Å². The van der Waals surface area contributed by atoms with E-state index in [9.17, 15) is 14.4 Å². The number of carboxylic acids is 1. The maximum atomic E-state index is 15.4. The van der Waals surface area contributed by atoms with E-state index in [1.54, 1.807) is 49.1 Å². The van der Waals surface area contributed by atoms with Gasteiger partial charge in [0.1, 0.15) is 17.5 Å². The quantitative estimate of drug-likeness (QED) is 0.361. The Labute approximate surface area is 253 Å². The number of aromatic nitrogens is 2. The number of benzene rings is 1.